The normalized spacial score (nSPS) is 15.4. The Morgan fingerprint density at radius 1 is 1.00 bits per heavy atom. The molecular formula is C19H20BrN5. The average molecular weight is 398 g/mol. The van der Waals surface area contributed by atoms with Crippen LogP contribution in [0.3, 0.4) is 0 Å². The van der Waals surface area contributed by atoms with E-state index < -0.39 is 0 Å². The van der Waals surface area contributed by atoms with E-state index in [4.69, 9.17) is 5.73 Å². The number of anilines is 2. The molecule has 0 atom stereocenters. The van der Waals surface area contributed by atoms with E-state index in [0.29, 0.717) is 12.0 Å². The molecule has 2 aromatic heterocycles. The van der Waals surface area contributed by atoms with Gasteiger partial charge >= 0.3 is 0 Å². The molecule has 0 saturated heterocycles. The number of hydrogen-bond acceptors (Lipinski definition) is 5. The molecule has 3 aromatic rings. The van der Waals surface area contributed by atoms with Gasteiger partial charge in [-0.2, -0.15) is 4.98 Å². The summed E-state index contributed by atoms with van der Waals surface area (Å²) >= 11 is 3.38. The lowest BCUT2D eigenvalue weighted by molar-refractivity contribution is 0.462. The molecule has 5 nitrogen and oxygen atoms in total. The predicted octanol–water partition coefficient (Wildman–Crippen LogP) is 4.78. The lowest BCUT2D eigenvalue weighted by atomic mass is 9.95. The van der Waals surface area contributed by atoms with Crippen molar-refractivity contribution in [3.63, 3.8) is 0 Å². The number of nitrogens with one attached hydrogen (secondary N) is 1. The van der Waals surface area contributed by atoms with Gasteiger partial charge in [-0.1, -0.05) is 31.4 Å². The Kier molecular flexibility index (Phi) is 4.53. The maximum Gasteiger partial charge on any atom is 0.222 e. The summed E-state index contributed by atoms with van der Waals surface area (Å²) in [6.07, 6.45) is 8.09. The molecular weight excluding hydrogens is 378 g/mol. The standard InChI is InChI=1S/C19H20BrN5/c20-17-9-7-13(11-22-17)12-6-8-16-15(10-12)18(25-19(21)24-16)23-14-4-2-1-3-5-14/h6-11,14H,1-5H2,(H3,21,23,24,25). The third kappa shape index (κ3) is 3.58. The largest absolute Gasteiger partial charge is 0.368 e. The van der Waals surface area contributed by atoms with E-state index in [1.54, 1.807) is 0 Å². The molecule has 0 unspecified atom stereocenters. The minimum Gasteiger partial charge on any atom is -0.368 e. The van der Waals surface area contributed by atoms with E-state index in [9.17, 15) is 0 Å². The summed E-state index contributed by atoms with van der Waals surface area (Å²) in [7, 11) is 0. The van der Waals surface area contributed by atoms with Crippen LogP contribution in [-0.2, 0) is 0 Å². The molecule has 25 heavy (non-hydrogen) atoms. The van der Waals surface area contributed by atoms with Crippen molar-refractivity contribution in [1.29, 1.82) is 0 Å². The van der Waals surface area contributed by atoms with E-state index >= 15 is 0 Å². The molecule has 0 bridgehead atoms. The van der Waals surface area contributed by atoms with Crippen molar-refractivity contribution >= 4 is 38.6 Å². The lowest BCUT2D eigenvalue weighted by Crippen LogP contribution is -2.23. The van der Waals surface area contributed by atoms with Gasteiger partial charge in [0.15, 0.2) is 0 Å². The third-order valence-corrected chi connectivity index (χ3v) is 5.19. The molecule has 2 heterocycles. The summed E-state index contributed by atoms with van der Waals surface area (Å²) in [5, 5.41) is 4.60. The maximum absolute atomic E-state index is 5.92. The first-order valence-corrected chi connectivity index (χ1v) is 9.44. The molecule has 0 radical (unpaired) electrons. The summed E-state index contributed by atoms with van der Waals surface area (Å²) in [5.41, 5.74) is 8.93. The second-order valence-corrected chi connectivity index (χ2v) is 7.32. The number of nitrogen functional groups attached to an aromatic ring is 1. The minimum absolute atomic E-state index is 0.309. The predicted molar refractivity (Wildman–Crippen MR) is 105 cm³/mol. The van der Waals surface area contributed by atoms with Crippen LogP contribution in [0.2, 0.25) is 0 Å². The zero-order valence-electron chi connectivity index (χ0n) is 13.9. The summed E-state index contributed by atoms with van der Waals surface area (Å²) in [6.45, 7) is 0. The van der Waals surface area contributed by atoms with Crippen molar-refractivity contribution in [3.05, 3.63) is 41.1 Å². The van der Waals surface area contributed by atoms with Gasteiger partial charge in [0.2, 0.25) is 5.95 Å². The highest BCUT2D eigenvalue weighted by Gasteiger charge is 2.16. The molecule has 0 amide bonds. The Hall–Kier alpha value is -2.21. The molecule has 6 heteroatoms. The first-order valence-electron chi connectivity index (χ1n) is 8.65. The molecule has 1 saturated carbocycles. The van der Waals surface area contributed by atoms with E-state index in [0.717, 1.165) is 32.5 Å². The molecule has 0 spiro atoms. The van der Waals surface area contributed by atoms with Crippen LogP contribution < -0.4 is 11.1 Å². The van der Waals surface area contributed by atoms with Crippen LogP contribution in [-0.4, -0.2) is 21.0 Å². The van der Waals surface area contributed by atoms with Crippen LogP contribution in [0, 0.1) is 0 Å². The highest BCUT2D eigenvalue weighted by atomic mass is 79.9. The van der Waals surface area contributed by atoms with Crippen molar-refractivity contribution in [2.24, 2.45) is 0 Å². The van der Waals surface area contributed by atoms with Crippen LogP contribution in [0.5, 0.6) is 0 Å². The summed E-state index contributed by atoms with van der Waals surface area (Å²) in [4.78, 5) is 13.2. The first-order chi connectivity index (χ1) is 12.2. The Labute approximate surface area is 155 Å². The first kappa shape index (κ1) is 16.3. The Bertz CT molecular complexity index is 888. The van der Waals surface area contributed by atoms with Crippen LogP contribution in [0.1, 0.15) is 32.1 Å². The molecule has 128 valence electrons. The second kappa shape index (κ2) is 6.96. The molecule has 1 fully saturated rings. The second-order valence-electron chi connectivity index (χ2n) is 6.51. The number of aromatic nitrogens is 3. The third-order valence-electron chi connectivity index (χ3n) is 4.72. The Balaban J connectivity index is 1.75. The number of fused-ring (bicyclic) bond motifs is 1. The van der Waals surface area contributed by atoms with E-state index in [1.165, 1.54) is 32.1 Å². The molecule has 1 aromatic carbocycles. The Morgan fingerprint density at radius 3 is 2.56 bits per heavy atom. The van der Waals surface area contributed by atoms with Gasteiger partial charge in [0.25, 0.3) is 0 Å². The number of benzene rings is 1. The smallest absolute Gasteiger partial charge is 0.222 e. The molecule has 3 N–H and O–H groups in total. The number of hydrogen-bond donors (Lipinski definition) is 2. The highest BCUT2D eigenvalue weighted by molar-refractivity contribution is 9.10. The number of pyridine rings is 1. The van der Waals surface area contributed by atoms with E-state index in [2.05, 4.69) is 42.3 Å². The van der Waals surface area contributed by atoms with Gasteiger partial charge in [0, 0.05) is 23.2 Å². The monoisotopic (exact) mass is 397 g/mol. The lowest BCUT2D eigenvalue weighted by Gasteiger charge is -2.24. The fourth-order valence-corrected chi connectivity index (χ4v) is 3.66. The van der Waals surface area contributed by atoms with Crippen LogP contribution in [0.25, 0.3) is 22.0 Å². The van der Waals surface area contributed by atoms with Gasteiger partial charge in [-0.05, 0) is 52.5 Å². The SMILES string of the molecule is Nc1nc(NC2CCCCC2)c2cc(-c3ccc(Br)nc3)ccc2n1. The van der Waals surface area contributed by atoms with Crippen LogP contribution in [0.4, 0.5) is 11.8 Å². The van der Waals surface area contributed by atoms with Crippen LogP contribution in [0.15, 0.2) is 41.1 Å². The topological polar surface area (TPSA) is 76.7 Å². The van der Waals surface area contributed by atoms with E-state index in [-0.39, 0.29) is 0 Å². The number of rotatable bonds is 3. The zero-order chi connectivity index (χ0) is 17.2. The van der Waals surface area contributed by atoms with Gasteiger partial charge in [-0.15, -0.1) is 0 Å². The van der Waals surface area contributed by atoms with Gasteiger partial charge in [-0.25, -0.2) is 9.97 Å². The van der Waals surface area contributed by atoms with Crippen LogP contribution >= 0.6 is 15.9 Å². The molecule has 1 aliphatic rings. The fourth-order valence-electron chi connectivity index (χ4n) is 3.42. The highest BCUT2D eigenvalue weighted by Crippen LogP contribution is 2.30. The number of nitrogens with zero attached hydrogens (tertiary/aromatic N) is 3. The molecule has 1 aliphatic carbocycles. The summed E-state index contributed by atoms with van der Waals surface area (Å²) < 4.78 is 0.827. The van der Waals surface area contributed by atoms with Gasteiger partial charge in [0.1, 0.15) is 10.4 Å². The Morgan fingerprint density at radius 2 is 1.80 bits per heavy atom. The van der Waals surface area contributed by atoms with Gasteiger partial charge in [-0.3, -0.25) is 0 Å². The van der Waals surface area contributed by atoms with Crippen molar-refractivity contribution in [3.8, 4) is 11.1 Å². The van der Waals surface area contributed by atoms with Crippen molar-refractivity contribution < 1.29 is 0 Å². The van der Waals surface area contributed by atoms with E-state index in [1.807, 2.05) is 30.5 Å². The quantitative estimate of drug-likeness (QED) is 0.621. The van der Waals surface area contributed by atoms with Gasteiger partial charge < -0.3 is 11.1 Å². The molecule has 4 rings (SSSR count). The minimum atomic E-state index is 0.309. The van der Waals surface area contributed by atoms with Gasteiger partial charge in [0.05, 0.1) is 5.52 Å². The number of halogens is 1. The van der Waals surface area contributed by atoms with Crippen molar-refractivity contribution in [2.75, 3.05) is 11.1 Å². The molecule has 0 aliphatic heterocycles. The average Bonchev–Trinajstić information content (AvgIpc) is 2.63. The summed E-state index contributed by atoms with van der Waals surface area (Å²) in [5.74, 6) is 1.14. The summed E-state index contributed by atoms with van der Waals surface area (Å²) in [6, 6.07) is 10.6. The maximum atomic E-state index is 5.92. The van der Waals surface area contributed by atoms with Crippen molar-refractivity contribution in [2.45, 2.75) is 38.1 Å². The zero-order valence-corrected chi connectivity index (χ0v) is 15.5. The fraction of sp³-hybridized carbons (Fsp3) is 0.316. The number of nitrogens with two attached hydrogens (primary N) is 1. The van der Waals surface area contributed by atoms with Crippen molar-refractivity contribution in [1.82, 2.24) is 15.0 Å².